The van der Waals surface area contributed by atoms with Crippen LogP contribution in [0.25, 0.3) is 11.1 Å². The van der Waals surface area contributed by atoms with E-state index in [4.69, 9.17) is 16.7 Å². The summed E-state index contributed by atoms with van der Waals surface area (Å²) in [5, 5.41) is 9.25. The van der Waals surface area contributed by atoms with E-state index in [0.29, 0.717) is 0 Å². The predicted molar refractivity (Wildman–Crippen MR) is 76.6 cm³/mol. The fraction of sp³-hybridized carbons (Fsp3) is 0. The van der Waals surface area contributed by atoms with E-state index in [2.05, 4.69) is 22.6 Å². The Morgan fingerprint density at radius 1 is 1.06 bits per heavy atom. The van der Waals surface area contributed by atoms with Crippen LogP contribution < -0.4 is 0 Å². The number of halogens is 2. The molecule has 17 heavy (non-hydrogen) atoms. The standard InChI is InChI=1S/C13H8ClIO2/c14-12-6-3-9(7-11(12)13(16)17)8-1-4-10(15)5-2-8/h1-7H,(H,16,17). The summed E-state index contributed by atoms with van der Waals surface area (Å²) < 4.78 is 1.14. The Morgan fingerprint density at radius 2 is 1.65 bits per heavy atom. The van der Waals surface area contributed by atoms with Gasteiger partial charge in [0.05, 0.1) is 10.6 Å². The molecule has 1 N–H and O–H groups in total. The number of carboxylic acid groups (broad SMARTS) is 1. The number of hydrogen-bond donors (Lipinski definition) is 1. The van der Waals surface area contributed by atoms with Crippen molar-refractivity contribution in [1.82, 2.24) is 0 Å². The van der Waals surface area contributed by atoms with Crippen LogP contribution in [0.15, 0.2) is 42.5 Å². The first kappa shape index (κ1) is 12.4. The summed E-state index contributed by atoms with van der Waals surface area (Å²) in [5.74, 6) is -1.01. The van der Waals surface area contributed by atoms with Crippen LogP contribution in [0, 0.1) is 3.57 Å². The van der Waals surface area contributed by atoms with Crippen molar-refractivity contribution in [2.45, 2.75) is 0 Å². The van der Waals surface area contributed by atoms with Gasteiger partial charge in [0.2, 0.25) is 0 Å². The monoisotopic (exact) mass is 358 g/mol. The van der Waals surface area contributed by atoms with Crippen molar-refractivity contribution in [2.75, 3.05) is 0 Å². The Morgan fingerprint density at radius 3 is 2.24 bits per heavy atom. The van der Waals surface area contributed by atoms with Gasteiger partial charge in [-0.1, -0.05) is 29.8 Å². The van der Waals surface area contributed by atoms with Gasteiger partial charge in [0.1, 0.15) is 0 Å². The van der Waals surface area contributed by atoms with Gasteiger partial charge in [-0.15, -0.1) is 0 Å². The van der Waals surface area contributed by atoms with Crippen LogP contribution in [0.4, 0.5) is 0 Å². The van der Waals surface area contributed by atoms with Crippen molar-refractivity contribution in [1.29, 1.82) is 0 Å². The van der Waals surface area contributed by atoms with E-state index in [0.717, 1.165) is 14.7 Å². The van der Waals surface area contributed by atoms with E-state index in [9.17, 15) is 4.79 Å². The summed E-state index contributed by atoms with van der Waals surface area (Å²) in [6, 6.07) is 12.9. The van der Waals surface area contributed by atoms with Crippen molar-refractivity contribution in [3.8, 4) is 11.1 Å². The predicted octanol–water partition coefficient (Wildman–Crippen LogP) is 4.31. The van der Waals surface area contributed by atoms with Gasteiger partial charge in [0.15, 0.2) is 0 Å². The summed E-state index contributed by atoms with van der Waals surface area (Å²) >= 11 is 8.05. The Hall–Kier alpha value is -1.07. The summed E-state index contributed by atoms with van der Waals surface area (Å²) in [7, 11) is 0. The average Bonchev–Trinajstić information content (AvgIpc) is 2.30. The Kier molecular flexibility index (Phi) is 3.69. The van der Waals surface area contributed by atoms with Crippen LogP contribution in [0.5, 0.6) is 0 Å². The van der Waals surface area contributed by atoms with Crippen molar-refractivity contribution in [3.05, 3.63) is 56.6 Å². The van der Waals surface area contributed by atoms with Crippen LogP contribution in [0.3, 0.4) is 0 Å². The fourth-order valence-electron chi connectivity index (χ4n) is 1.51. The van der Waals surface area contributed by atoms with Gasteiger partial charge in [0.25, 0.3) is 0 Å². The van der Waals surface area contributed by atoms with E-state index < -0.39 is 5.97 Å². The molecule has 0 saturated heterocycles. The largest absolute Gasteiger partial charge is 0.478 e. The highest BCUT2D eigenvalue weighted by molar-refractivity contribution is 14.1. The molecule has 0 fully saturated rings. The maximum absolute atomic E-state index is 11.0. The summed E-state index contributed by atoms with van der Waals surface area (Å²) in [4.78, 5) is 11.0. The molecular formula is C13H8ClIO2. The summed E-state index contributed by atoms with van der Waals surface area (Å²) in [6.07, 6.45) is 0. The van der Waals surface area contributed by atoms with Crippen molar-refractivity contribution in [3.63, 3.8) is 0 Å². The van der Waals surface area contributed by atoms with Gasteiger partial charge >= 0.3 is 5.97 Å². The number of hydrogen-bond acceptors (Lipinski definition) is 1. The third-order valence-corrected chi connectivity index (χ3v) is 3.42. The fourth-order valence-corrected chi connectivity index (χ4v) is 2.07. The molecule has 0 saturated carbocycles. The Bertz CT molecular complexity index is 564. The average molecular weight is 359 g/mol. The molecule has 0 heterocycles. The number of carbonyl (C=O) groups is 1. The number of carboxylic acids is 1. The van der Waals surface area contributed by atoms with E-state index in [1.165, 1.54) is 0 Å². The highest BCUT2D eigenvalue weighted by Crippen LogP contribution is 2.25. The summed E-state index contributed by atoms with van der Waals surface area (Å²) in [6.45, 7) is 0. The first-order valence-corrected chi connectivity index (χ1v) is 6.32. The van der Waals surface area contributed by atoms with Crippen molar-refractivity contribution in [2.24, 2.45) is 0 Å². The lowest BCUT2D eigenvalue weighted by atomic mass is 10.0. The number of aromatic carboxylic acids is 1. The van der Waals surface area contributed by atoms with E-state index >= 15 is 0 Å². The Balaban J connectivity index is 2.50. The molecule has 0 unspecified atom stereocenters. The van der Waals surface area contributed by atoms with Crippen LogP contribution in [0.2, 0.25) is 5.02 Å². The van der Waals surface area contributed by atoms with Crippen LogP contribution >= 0.6 is 34.2 Å². The zero-order valence-corrected chi connectivity index (χ0v) is 11.6. The molecular weight excluding hydrogens is 350 g/mol. The van der Waals surface area contributed by atoms with Crippen LogP contribution in [0.1, 0.15) is 10.4 Å². The van der Waals surface area contributed by atoms with Crippen LogP contribution in [-0.4, -0.2) is 11.1 Å². The van der Waals surface area contributed by atoms with Gasteiger partial charge in [-0.05, 0) is 58.0 Å². The zero-order chi connectivity index (χ0) is 12.4. The SMILES string of the molecule is O=C(O)c1cc(-c2ccc(I)cc2)ccc1Cl. The lowest BCUT2D eigenvalue weighted by molar-refractivity contribution is 0.0697. The molecule has 0 atom stereocenters. The molecule has 2 aromatic carbocycles. The molecule has 0 aliphatic carbocycles. The Labute approximate surface area is 117 Å². The lowest BCUT2D eigenvalue weighted by Crippen LogP contribution is -1.97. The molecule has 0 spiro atoms. The van der Waals surface area contributed by atoms with Gasteiger partial charge in [0, 0.05) is 3.57 Å². The molecule has 86 valence electrons. The lowest BCUT2D eigenvalue weighted by Gasteiger charge is -2.05. The molecule has 0 aromatic heterocycles. The van der Waals surface area contributed by atoms with Gasteiger partial charge in [-0.2, -0.15) is 0 Å². The van der Waals surface area contributed by atoms with E-state index in [1.54, 1.807) is 12.1 Å². The maximum Gasteiger partial charge on any atom is 0.337 e. The third kappa shape index (κ3) is 2.79. The number of benzene rings is 2. The third-order valence-electron chi connectivity index (χ3n) is 2.37. The van der Waals surface area contributed by atoms with Gasteiger partial charge in [-0.25, -0.2) is 4.79 Å². The molecule has 0 amide bonds. The first-order valence-electron chi connectivity index (χ1n) is 4.87. The van der Waals surface area contributed by atoms with E-state index in [1.807, 2.05) is 30.3 Å². The molecule has 2 aromatic rings. The highest BCUT2D eigenvalue weighted by atomic mass is 127. The van der Waals surface area contributed by atoms with Gasteiger partial charge in [-0.3, -0.25) is 0 Å². The first-order chi connectivity index (χ1) is 8.08. The second-order valence-electron chi connectivity index (χ2n) is 3.51. The second kappa shape index (κ2) is 5.06. The van der Waals surface area contributed by atoms with Crippen molar-refractivity contribution < 1.29 is 9.90 Å². The minimum absolute atomic E-state index is 0.128. The minimum Gasteiger partial charge on any atom is -0.478 e. The minimum atomic E-state index is -1.01. The summed E-state index contributed by atoms with van der Waals surface area (Å²) in [5.41, 5.74) is 1.95. The normalized spacial score (nSPS) is 10.2. The molecule has 2 nitrogen and oxygen atoms in total. The van der Waals surface area contributed by atoms with Crippen LogP contribution in [-0.2, 0) is 0 Å². The molecule has 0 aliphatic rings. The quantitative estimate of drug-likeness (QED) is 0.812. The highest BCUT2D eigenvalue weighted by Gasteiger charge is 2.10. The van der Waals surface area contributed by atoms with Crippen molar-refractivity contribution >= 4 is 40.2 Å². The second-order valence-corrected chi connectivity index (χ2v) is 5.16. The molecule has 0 aliphatic heterocycles. The molecule has 0 bridgehead atoms. The zero-order valence-electron chi connectivity index (χ0n) is 8.65. The molecule has 0 radical (unpaired) electrons. The topological polar surface area (TPSA) is 37.3 Å². The molecule has 2 rings (SSSR count). The number of rotatable bonds is 2. The molecule has 4 heteroatoms. The van der Waals surface area contributed by atoms with E-state index in [-0.39, 0.29) is 10.6 Å². The van der Waals surface area contributed by atoms with Gasteiger partial charge < -0.3 is 5.11 Å². The maximum atomic E-state index is 11.0. The smallest absolute Gasteiger partial charge is 0.337 e.